The molecule has 0 aliphatic carbocycles. The van der Waals surface area contributed by atoms with Crippen LogP contribution in [0.15, 0.2) is 115 Å². The van der Waals surface area contributed by atoms with Crippen molar-refractivity contribution in [2.45, 2.75) is 0 Å². The van der Waals surface area contributed by atoms with Gasteiger partial charge in [0.1, 0.15) is 5.01 Å². The number of carbonyl (C=O) groups excluding carboxylic acids is 1. The Morgan fingerprint density at radius 2 is 1.28 bits per heavy atom. The van der Waals surface area contributed by atoms with Crippen molar-refractivity contribution in [2.75, 3.05) is 5.32 Å². The van der Waals surface area contributed by atoms with Gasteiger partial charge in [-0.25, -0.2) is 4.98 Å². The van der Waals surface area contributed by atoms with Gasteiger partial charge in [0, 0.05) is 27.8 Å². The van der Waals surface area contributed by atoms with Crippen LogP contribution in [0.2, 0.25) is 0 Å². The van der Waals surface area contributed by atoms with Gasteiger partial charge in [0.15, 0.2) is 0 Å². The van der Waals surface area contributed by atoms with Crippen LogP contribution in [0.5, 0.6) is 0 Å². The average Bonchev–Trinajstić information content (AvgIpc) is 3.36. The fraction of sp³-hybridized carbons (Fsp3) is 0. The molecule has 0 saturated heterocycles. The predicted molar refractivity (Wildman–Crippen MR) is 133 cm³/mol. The molecule has 0 spiro atoms. The minimum Gasteiger partial charge on any atom is -0.322 e. The molecule has 5 rings (SSSR count). The zero-order chi connectivity index (χ0) is 21.8. The Morgan fingerprint density at radius 3 is 2.00 bits per heavy atom. The molecule has 4 heteroatoms. The Morgan fingerprint density at radius 1 is 0.656 bits per heavy atom. The Kier molecular flexibility index (Phi) is 5.60. The third-order valence-electron chi connectivity index (χ3n) is 5.20. The van der Waals surface area contributed by atoms with Crippen molar-refractivity contribution in [3.05, 3.63) is 120 Å². The van der Waals surface area contributed by atoms with Crippen molar-refractivity contribution in [1.82, 2.24) is 4.98 Å². The molecule has 1 aromatic heterocycles. The van der Waals surface area contributed by atoms with E-state index in [0.29, 0.717) is 5.56 Å². The summed E-state index contributed by atoms with van der Waals surface area (Å²) < 4.78 is 0. The number of amides is 1. The topological polar surface area (TPSA) is 42.0 Å². The van der Waals surface area contributed by atoms with E-state index >= 15 is 0 Å². The first-order valence-electron chi connectivity index (χ1n) is 10.3. The maximum Gasteiger partial charge on any atom is 0.255 e. The number of hydrogen-bond acceptors (Lipinski definition) is 3. The van der Waals surface area contributed by atoms with E-state index in [1.165, 1.54) is 0 Å². The lowest BCUT2D eigenvalue weighted by Crippen LogP contribution is -2.11. The van der Waals surface area contributed by atoms with Crippen LogP contribution in [0, 0.1) is 0 Å². The van der Waals surface area contributed by atoms with Gasteiger partial charge in [0.25, 0.3) is 5.91 Å². The van der Waals surface area contributed by atoms with E-state index in [2.05, 4.69) is 29.6 Å². The second kappa shape index (κ2) is 9.00. The quantitative estimate of drug-likeness (QED) is 0.314. The normalized spacial score (nSPS) is 10.6. The first-order valence-corrected chi connectivity index (χ1v) is 11.2. The van der Waals surface area contributed by atoms with E-state index in [9.17, 15) is 4.79 Å². The zero-order valence-electron chi connectivity index (χ0n) is 17.2. The molecule has 0 bridgehead atoms. The molecule has 4 aromatic carbocycles. The van der Waals surface area contributed by atoms with Crippen LogP contribution >= 0.6 is 11.3 Å². The third kappa shape index (κ3) is 4.36. The van der Waals surface area contributed by atoms with Crippen molar-refractivity contribution >= 4 is 22.9 Å². The lowest BCUT2D eigenvalue weighted by Gasteiger charge is -2.08. The van der Waals surface area contributed by atoms with Gasteiger partial charge in [0.05, 0.1) is 5.69 Å². The van der Waals surface area contributed by atoms with Gasteiger partial charge in [-0.1, -0.05) is 84.9 Å². The summed E-state index contributed by atoms with van der Waals surface area (Å²) in [6, 6.07) is 35.7. The van der Waals surface area contributed by atoms with Crippen LogP contribution in [-0.4, -0.2) is 10.9 Å². The van der Waals surface area contributed by atoms with Gasteiger partial charge in [-0.3, -0.25) is 4.79 Å². The number of nitrogens with one attached hydrogen (secondary N) is 1. The van der Waals surface area contributed by atoms with Crippen molar-refractivity contribution in [3.63, 3.8) is 0 Å². The van der Waals surface area contributed by atoms with E-state index in [-0.39, 0.29) is 5.91 Å². The van der Waals surface area contributed by atoms with Crippen LogP contribution < -0.4 is 5.32 Å². The summed E-state index contributed by atoms with van der Waals surface area (Å²) >= 11 is 1.62. The van der Waals surface area contributed by atoms with Gasteiger partial charge in [-0.05, 0) is 35.4 Å². The molecule has 154 valence electrons. The van der Waals surface area contributed by atoms with E-state index in [1.807, 2.05) is 90.3 Å². The van der Waals surface area contributed by atoms with Crippen LogP contribution in [-0.2, 0) is 0 Å². The summed E-state index contributed by atoms with van der Waals surface area (Å²) in [5, 5.41) is 6.03. The molecule has 1 N–H and O–H groups in total. The number of thiazole rings is 1. The summed E-state index contributed by atoms with van der Waals surface area (Å²) in [4.78, 5) is 17.5. The molecule has 0 radical (unpaired) electrons. The van der Waals surface area contributed by atoms with Crippen molar-refractivity contribution in [2.24, 2.45) is 0 Å². The fourth-order valence-corrected chi connectivity index (χ4v) is 4.36. The zero-order valence-corrected chi connectivity index (χ0v) is 18.0. The first kappa shape index (κ1) is 19.9. The second-order valence-corrected chi connectivity index (χ2v) is 8.24. The van der Waals surface area contributed by atoms with Crippen molar-refractivity contribution < 1.29 is 4.79 Å². The molecule has 5 aromatic rings. The highest BCUT2D eigenvalue weighted by molar-refractivity contribution is 7.13. The van der Waals surface area contributed by atoms with Gasteiger partial charge >= 0.3 is 0 Å². The summed E-state index contributed by atoms with van der Waals surface area (Å²) in [6.45, 7) is 0. The minimum absolute atomic E-state index is 0.134. The standard InChI is InChI=1S/C28H20N2OS/c31-27(22-16-14-21(15-17-22)20-8-3-1-4-9-20)29-25-13-7-12-24(18-25)26-19-32-28(30-26)23-10-5-2-6-11-23/h1-19H,(H,29,31). The monoisotopic (exact) mass is 432 g/mol. The number of nitrogens with zero attached hydrogens (tertiary/aromatic N) is 1. The number of anilines is 1. The van der Waals surface area contributed by atoms with E-state index in [1.54, 1.807) is 11.3 Å². The SMILES string of the molecule is O=C(Nc1cccc(-c2csc(-c3ccccc3)n2)c1)c1ccc(-c2ccccc2)cc1. The first-order chi connectivity index (χ1) is 15.8. The van der Waals surface area contributed by atoms with Crippen molar-refractivity contribution in [1.29, 1.82) is 0 Å². The number of benzene rings is 4. The Hall–Kier alpha value is -4.02. The van der Waals surface area contributed by atoms with Crippen LogP contribution in [0.3, 0.4) is 0 Å². The molecular weight excluding hydrogens is 412 g/mol. The molecular formula is C28H20N2OS. The number of carbonyl (C=O) groups is 1. The Labute approximate surface area is 191 Å². The lowest BCUT2D eigenvalue weighted by atomic mass is 10.0. The second-order valence-electron chi connectivity index (χ2n) is 7.38. The lowest BCUT2D eigenvalue weighted by molar-refractivity contribution is 0.102. The highest BCUT2D eigenvalue weighted by Crippen LogP contribution is 2.30. The smallest absolute Gasteiger partial charge is 0.255 e. The minimum atomic E-state index is -0.134. The molecule has 0 atom stereocenters. The van der Waals surface area contributed by atoms with Crippen LogP contribution in [0.25, 0.3) is 33.0 Å². The molecule has 1 amide bonds. The molecule has 0 fully saturated rings. The largest absolute Gasteiger partial charge is 0.322 e. The summed E-state index contributed by atoms with van der Waals surface area (Å²) in [7, 11) is 0. The number of aromatic nitrogens is 1. The predicted octanol–water partition coefficient (Wildman–Crippen LogP) is 7.40. The highest BCUT2D eigenvalue weighted by atomic mass is 32.1. The maximum absolute atomic E-state index is 12.8. The molecule has 0 aliphatic heterocycles. The molecule has 1 heterocycles. The number of hydrogen-bond donors (Lipinski definition) is 1. The van der Waals surface area contributed by atoms with Gasteiger partial charge in [-0.2, -0.15) is 0 Å². The summed E-state index contributed by atoms with van der Waals surface area (Å²) in [6.07, 6.45) is 0. The summed E-state index contributed by atoms with van der Waals surface area (Å²) in [5.74, 6) is -0.134. The molecule has 0 aliphatic rings. The molecule has 3 nitrogen and oxygen atoms in total. The van der Waals surface area contributed by atoms with Gasteiger partial charge in [-0.15, -0.1) is 11.3 Å². The maximum atomic E-state index is 12.8. The number of rotatable bonds is 5. The van der Waals surface area contributed by atoms with E-state index in [0.717, 1.165) is 38.6 Å². The van der Waals surface area contributed by atoms with Crippen LogP contribution in [0.1, 0.15) is 10.4 Å². The van der Waals surface area contributed by atoms with E-state index < -0.39 is 0 Å². The average molecular weight is 433 g/mol. The van der Waals surface area contributed by atoms with E-state index in [4.69, 9.17) is 4.98 Å². The Bertz CT molecular complexity index is 1340. The molecule has 32 heavy (non-hydrogen) atoms. The fourth-order valence-electron chi connectivity index (χ4n) is 3.52. The molecule has 0 saturated carbocycles. The highest BCUT2D eigenvalue weighted by Gasteiger charge is 2.10. The van der Waals surface area contributed by atoms with Crippen LogP contribution in [0.4, 0.5) is 5.69 Å². The third-order valence-corrected chi connectivity index (χ3v) is 6.09. The summed E-state index contributed by atoms with van der Waals surface area (Å²) in [5.41, 5.74) is 6.56. The molecule has 0 unspecified atom stereocenters. The van der Waals surface area contributed by atoms with Gasteiger partial charge in [0.2, 0.25) is 0 Å². The Balaban J connectivity index is 1.32. The van der Waals surface area contributed by atoms with Gasteiger partial charge < -0.3 is 5.32 Å². The van der Waals surface area contributed by atoms with Crippen molar-refractivity contribution in [3.8, 4) is 33.0 Å².